The zero-order valence-electron chi connectivity index (χ0n) is 12.6. The monoisotopic (exact) mass is 279 g/mol. The summed E-state index contributed by atoms with van der Waals surface area (Å²) in [6.07, 6.45) is 2.14. The van der Waals surface area contributed by atoms with Crippen molar-refractivity contribution in [2.75, 3.05) is 6.54 Å². The maximum absolute atomic E-state index is 4.58. The van der Waals surface area contributed by atoms with E-state index in [9.17, 15) is 0 Å². The second kappa shape index (κ2) is 6.10. The summed E-state index contributed by atoms with van der Waals surface area (Å²) >= 11 is 0. The van der Waals surface area contributed by atoms with Crippen LogP contribution in [-0.4, -0.2) is 16.1 Å². The lowest BCUT2D eigenvalue weighted by Crippen LogP contribution is -2.11. The Balaban J connectivity index is 1.86. The first-order chi connectivity index (χ1) is 10.3. The Kier molecular flexibility index (Phi) is 4.02. The van der Waals surface area contributed by atoms with Gasteiger partial charge in [-0.15, -0.1) is 0 Å². The van der Waals surface area contributed by atoms with Gasteiger partial charge < -0.3 is 9.88 Å². The van der Waals surface area contributed by atoms with Gasteiger partial charge in [0.25, 0.3) is 0 Å². The number of pyridine rings is 1. The molecule has 0 aliphatic rings. The summed E-state index contributed by atoms with van der Waals surface area (Å²) in [5.41, 5.74) is 4.76. The molecule has 0 radical (unpaired) electrons. The third-order valence-corrected chi connectivity index (χ3v) is 3.69. The van der Waals surface area contributed by atoms with Crippen molar-refractivity contribution in [2.24, 2.45) is 0 Å². The molecular formula is C18H21N3. The molecule has 0 atom stereocenters. The Bertz CT molecular complexity index is 743. The van der Waals surface area contributed by atoms with Crippen molar-refractivity contribution in [2.45, 2.75) is 26.9 Å². The van der Waals surface area contributed by atoms with Crippen LogP contribution in [0.3, 0.4) is 0 Å². The molecule has 0 spiro atoms. The minimum Gasteiger partial charge on any atom is -0.341 e. The number of benzene rings is 1. The predicted octanol–water partition coefficient (Wildman–Crippen LogP) is 3.50. The van der Waals surface area contributed by atoms with Gasteiger partial charge in [0.15, 0.2) is 0 Å². The Morgan fingerprint density at radius 2 is 2.05 bits per heavy atom. The topological polar surface area (TPSA) is 29.9 Å². The number of hydrogen-bond donors (Lipinski definition) is 1. The minimum absolute atomic E-state index is 0.817. The van der Waals surface area contributed by atoms with Gasteiger partial charge in [-0.05, 0) is 54.8 Å². The first-order valence-electron chi connectivity index (χ1n) is 7.47. The van der Waals surface area contributed by atoms with E-state index in [-0.39, 0.29) is 0 Å². The molecule has 0 amide bonds. The van der Waals surface area contributed by atoms with E-state index in [0.717, 1.165) is 31.0 Å². The van der Waals surface area contributed by atoms with Crippen LogP contribution < -0.4 is 5.32 Å². The van der Waals surface area contributed by atoms with Crippen LogP contribution in [0, 0.1) is 6.92 Å². The summed E-state index contributed by atoms with van der Waals surface area (Å²) in [5.74, 6) is 0. The highest BCUT2D eigenvalue weighted by Crippen LogP contribution is 2.19. The SMILES string of the molecule is CCNCc1ccc2c(ccn2Cc2cccc(C)n2)c1. The molecular weight excluding hydrogens is 258 g/mol. The average molecular weight is 279 g/mol. The van der Waals surface area contributed by atoms with E-state index in [1.165, 1.54) is 16.5 Å². The number of aromatic nitrogens is 2. The predicted molar refractivity (Wildman–Crippen MR) is 87.4 cm³/mol. The summed E-state index contributed by atoms with van der Waals surface area (Å²) in [4.78, 5) is 4.58. The number of rotatable bonds is 5. The first kappa shape index (κ1) is 13.8. The van der Waals surface area contributed by atoms with E-state index in [2.05, 4.69) is 64.4 Å². The van der Waals surface area contributed by atoms with E-state index in [0.29, 0.717) is 0 Å². The second-order valence-corrected chi connectivity index (χ2v) is 5.39. The van der Waals surface area contributed by atoms with Crippen molar-refractivity contribution in [3.63, 3.8) is 0 Å². The standard InChI is InChI=1S/C18H21N3/c1-3-19-12-15-7-8-18-16(11-15)9-10-21(18)13-17-6-4-5-14(2)20-17/h4-11,19H,3,12-13H2,1-2H3. The van der Waals surface area contributed by atoms with Crippen molar-refractivity contribution < 1.29 is 0 Å². The number of nitrogens with zero attached hydrogens (tertiary/aromatic N) is 2. The van der Waals surface area contributed by atoms with Crippen molar-refractivity contribution in [3.05, 3.63) is 65.6 Å². The molecule has 3 rings (SSSR count). The van der Waals surface area contributed by atoms with Crippen LogP contribution in [-0.2, 0) is 13.1 Å². The van der Waals surface area contributed by atoms with Gasteiger partial charge >= 0.3 is 0 Å². The molecule has 1 N–H and O–H groups in total. The Hall–Kier alpha value is -2.13. The second-order valence-electron chi connectivity index (χ2n) is 5.39. The van der Waals surface area contributed by atoms with Crippen LogP contribution >= 0.6 is 0 Å². The van der Waals surface area contributed by atoms with Crippen LogP contribution in [0.5, 0.6) is 0 Å². The normalized spacial score (nSPS) is 11.1. The minimum atomic E-state index is 0.817. The molecule has 3 nitrogen and oxygen atoms in total. The fraction of sp³-hybridized carbons (Fsp3) is 0.278. The van der Waals surface area contributed by atoms with Gasteiger partial charge in [-0.1, -0.05) is 19.1 Å². The van der Waals surface area contributed by atoms with Gasteiger partial charge in [-0.2, -0.15) is 0 Å². The van der Waals surface area contributed by atoms with Gasteiger partial charge in [0.1, 0.15) is 0 Å². The van der Waals surface area contributed by atoms with Crippen molar-refractivity contribution in [1.29, 1.82) is 0 Å². The highest BCUT2D eigenvalue weighted by molar-refractivity contribution is 5.81. The quantitative estimate of drug-likeness (QED) is 0.774. The number of fused-ring (bicyclic) bond motifs is 1. The third-order valence-electron chi connectivity index (χ3n) is 3.69. The fourth-order valence-corrected chi connectivity index (χ4v) is 2.63. The lowest BCUT2D eigenvalue weighted by Gasteiger charge is -2.07. The highest BCUT2D eigenvalue weighted by atomic mass is 15.0. The number of aryl methyl sites for hydroxylation is 1. The Morgan fingerprint density at radius 1 is 1.14 bits per heavy atom. The summed E-state index contributed by atoms with van der Waals surface area (Å²) in [5, 5.41) is 4.66. The molecule has 0 bridgehead atoms. The fourth-order valence-electron chi connectivity index (χ4n) is 2.63. The largest absolute Gasteiger partial charge is 0.341 e. The van der Waals surface area contributed by atoms with Crippen molar-refractivity contribution in [1.82, 2.24) is 14.9 Å². The van der Waals surface area contributed by atoms with Gasteiger partial charge in [0.05, 0.1) is 12.2 Å². The molecule has 3 heteroatoms. The smallest absolute Gasteiger partial charge is 0.0648 e. The summed E-state index contributed by atoms with van der Waals surface area (Å²) in [6.45, 7) is 6.90. The lowest BCUT2D eigenvalue weighted by molar-refractivity contribution is 0.727. The van der Waals surface area contributed by atoms with E-state index in [4.69, 9.17) is 0 Å². The van der Waals surface area contributed by atoms with E-state index < -0.39 is 0 Å². The van der Waals surface area contributed by atoms with E-state index >= 15 is 0 Å². The lowest BCUT2D eigenvalue weighted by atomic mass is 10.1. The van der Waals surface area contributed by atoms with Gasteiger partial charge in [-0.3, -0.25) is 4.98 Å². The van der Waals surface area contributed by atoms with Gasteiger partial charge in [0, 0.05) is 24.0 Å². The van der Waals surface area contributed by atoms with E-state index in [1.54, 1.807) is 0 Å². The van der Waals surface area contributed by atoms with Gasteiger partial charge in [-0.25, -0.2) is 0 Å². The van der Waals surface area contributed by atoms with Crippen LogP contribution in [0.2, 0.25) is 0 Å². The molecule has 2 aromatic heterocycles. The van der Waals surface area contributed by atoms with Crippen molar-refractivity contribution in [3.8, 4) is 0 Å². The van der Waals surface area contributed by atoms with Crippen LogP contribution in [0.15, 0.2) is 48.7 Å². The molecule has 0 saturated carbocycles. The molecule has 3 aromatic rings. The van der Waals surface area contributed by atoms with Crippen LogP contribution in [0.25, 0.3) is 10.9 Å². The zero-order valence-corrected chi connectivity index (χ0v) is 12.6. The van der Waals surface area contributed by atoms with Crippen LogP contribution in [0.4, 0.5) is 0 Å². The highest BCUT2D eigenvalue weighted by Gasteiger charge is 2.04. The molecule has 2 heterocycles. The molecule has 21 heavy (non-hydrogen) atoms. The average Bonchev–Trinajstić information content (AvgIpc) is 2.87. The zero-order chi connectivity index (χ0) is 14.7. The van der Waals surface area contributed by atoms with Crippen LogP contribution in [0.1, 0.15) is 23.9 Å². The molecule has 1 aromatic carbocycles. The Morgan fingerprint density at radius 3 is 2.86 bits per heavy atom. The molecule has 108 valence electrons. The summed E-state index contributed by atoms with van der Waals surface area (Å²) in [6, 6.07) is 15.0. The Labute approximate surface area is 125 Å². The maximum atomic E-state index is 4.58. The van der Waals surface area contributed by atoms with E-state index in [1.807, 2.05) is 13.0 Å². The third kappa shape index (κ3) is 3.14. The molecule has 0 saturated heterocycles. The van der Waals surface area contributed by atoms with Gasteiger partial charge in [0.2, 0.25) is 0 Å². The summed E-state index contributed by atoms with van der Waals surface area (Å²) in [7, 11) is 0. The summed E-state index contributed by atoms with van der Waals surface area (Å²) < 4.78 is 2.26. The maximum Gasteiger partial charge on any atom is 0.0648 e. The molecule has 0 aliphatic heterocycles. The number of nitrogens with one attached hydrogen (secondary N) is 1. The molecule has 0 aliphatic carbocycles. The first-order valence-corrected chi connectivity index (χ1v) is 7.47. The molecule has 0 unspecified atom stereocenters. The number of hydrogen-bond acceptors (Lipinski definition) is 2. The molecule has 0 fully saturated rings. The van der Waals surface area contributed by atoms with Crippen molar-refractivity contribution >= 4 is 10.9 Å².